The van der Waals surface area contributed by atoms with Crippen LogP contribution in [0.15, 0.2) is 24.4 Å². The van der Waals surface area contributed by atoms with Gasteiger partial charge >= 0.3 is 0 Å². The number of nitrogens with zero attached hydrogens (tertiary/aromatic N) is 1. The molecule has 0 amide bonds. The molecule has 84 valence electrons. The normalized spacial score (nSPS) is 10.7. The topological polar surface area (TPSA) is 20.7 Å². The van der Waals surface area contributed by atoms with Gasteiger partial charge in [0.15, 0.2) is 4.77 Å². The Morgan fingerprint density at radius 1 is 1.38 bits per heavy atom. The van der Waals surface area contributed by atoms with Crippen molar-refractivity contribution in [1.82, 2.24) is 9.55 Å². The number of benzene rings is 1. The largest absolute Gasteiger partial charge is 0.337 e. The van der Waals surface area contributed by atoms with Crippen molar-refractivity contribution >= 4 is 35.4 Å². The van der Waals surface area contributed by atoms with Crippen LogP contribution in [-0.4, -0.2) is 9.55 Å². The van der Waals surface area contributed by atoms with Crippen LogP contribution < -0.4 is 0 Å². The van der Waals surface area contributed by atoms with Gasteiger partial charge in [-0.2, -0.15) is 0 Å². The third-order valence-electron chi connectivity index (χ3n) is 2.39. The van der Waals surface area contributed by atoms with Gasteiger partial charge < -0.3 is 4.98 Å². The predicted molar refractivity (Wildman–Crippen MR) is 70.4 cm³/mol. The number of aryl methyl sites for hydroxylation is 1. The Labute approximate surface area is 109 Å². The molecule has 0 spiro atoms. The van der Waals surface area contributed by atoms with Gasteiger partial charge in [-0.1, -0.05) is 36.2 Å². The van der Waals surface area contributed by atoms with Crippen molar-refractivity contribution in [3.05, 3.63) is 44.9 Å². The zero-order valence-corrected chi connectivity index (χ0v) is 11.0. The zero-order chi connectivity index (χ0) is 11.7. The monoisotopic (exact) mass is 272 g/mol. The number of aromatic amines is 1. The van der Waals surface area contributed by atoms with Crippen LogP contribution in [-0.2, 0) is 6.42 Å². The SMILES string of the molecule is CCc1c[nH]c(=S)n1-c1cccc(Cl)c1Cl. The maximum Gasteiger partial charge on any atom is 0.182 e. The van der Waals surface area contributed by atoms with E-state index in [1.54, 1.807) is 6.07 Å². The number of hydrogen-bond donors (Lipinski definition) is 1. The quantitative estimate of drug-likeness (QED) is 0.804. The van der Waals surface area contributed by atoms with Crippen molar-refractivity contribution < 1.29 is 0 Å². The van der Waals surface area contributed by atoms with Crippen molar-refractivity contribution in [3.63, 3.8) is 0 Å². The summed E-state index contributed by atoms with van der Waals surface area (Å²) in [5, 5.41) is 1.05. The number of halogens is 2. The summed E-state index contributed by atoms with van der Waals surface area (Å²) in [6.07, 6.45) is 2.76. The highest BCUT2D eigenvalue weighted by Gasteiger charge is 2.10. The smallest absolute Gasteiger partial charge is 0.182 e. The van der Waals surface area contributed by atoms with E-state index in [1.165, 1.54) is 0 Å². The van der Waals surface area contributed by atoms with Crippen LogP contribution in [0.2, 0.25) is 10.0 Å². The van der Waals surface area contributed by atoms with Gasteiger partial charge in [0.25, 0.3) is 0 Å². The van der Waals surface area contributed by atoms with Crippen LogP contribution in [0.1, 0.15) is 12.6 Å². The second-order valence-corrected chi connectivity index (χ2v) is 4.52. The van der Waals surface area contributed by atoms with E-state index in [-0.39, 0.29) is 0 Å². The lowest BCUT2D eigenvalue weighted by molar-refractivity contribution is 0.922. The highest BCUT2D eigenvalue weighted by Crippen LogP contribution is 2.29. The summed E-state index contributed by atoms with van der Waals surface area (Å²) in [4.78, 5) is 3.01. The van der Waals surface area contributed by atoms with Gasteiger partial charge in [0.2, 0.25) is 0 Å². The standard InChI is InChI=1S/C11H10Cl2N2S/c1-2-7-6-14-11(16)15(7)9-5-3-4-8(12)10(9)13/h3-6H,2H2,1H3,(H,14,16). The molecule has 1 N–H and O–H groups in total. The molecule has 0 bridgehead atoms. The van der Waals surface area contributed by atoms with E-state index < -0.39 is 0 Å². The maximum atomic E-state index is 6.17. The molecule has 16 heavy (non-hydrogen) atoms. The van der Waals surface area contributed by atoms with Gasteiger partial charge in [-0.05, 0) is 30.8 Å². The predicted octanol–water partition coefficient (Wildman–Crippen LogP) is 4.40. The maximum absolute atomic E-state index is 6.17. The van der Waals surface area contributed by atoms with Crippen molar-refractivity contribution in [2.24, 2.45) is 0 Å². The van der Waals surface area contributed by atoms with E-state index in [0.717, 1.165) is 17.8 Å². The molecule has 0 aliphatic rings. The van der Waals surface area contributed by atoms with Gasteiger partial charge in [0, 0.05) is 11.9 Å². The molecule has 5 heteroatoms. The summed E-state index contributed by atoms with van der Waals surface area (Å²) >= 11 is 17.4. The lowest BCUT2D eigenvalue weighted by Gasteiger charge is -2.09. The number of imidazole rings is 1. The first-order chi connectivity index (χ1) is 7.65. The Hall–Kier alpha value is -0.770. The third kappa shape index (κ3) is 1.90. The van der Waals surface area contributed by atoms with Crippen molar-refractivity contribution in [2.45, 2.75) is 13.3 Å². The summed E-state index contributed by atoms with van der Waals surface area (Å²) in [6.45, 7) is 2.06. The number of rotatable bonds is 2. The minimum Gasteiger partial charge on any atom is -0.337 e. The van der Waals surface area contributed by atoms with Gasteiger partial charge in [-0.25, -0.2) is 0 Å². The van der Waals surface area contributed by atoms with Crippen LogP contribution >= 0.6 is 35.4 Å². The van der Waals surface area contributed by atoms with E-state index in [0.29, 0.717) is 14.8 Å². The fraction of sp³-hybridized carbons (Fsp3) is 0.182. The van der Waals surface area contributed by atoms with Crippen molar-refractivity contribution in [3.8, 4) is 5.69 Å². The molecule has 0 saturated heterocycles. The minimum atomic E-state index is 0.523. The van der Waals surface area contributed by atoms with Crippen LogP contribution in [0.5, 0.6) is 0 Å². The highest BCUT2D eigenvalue weighted by atomic mass is 35.5. The third-order valence-corrected chi connectivity index (χ3v) is 3.50. The lowest BCUT2D eigenvalue weighted by Crippen LogP contribution is -2.00. The number of hydrogen-bond acceptors (Lipinski definition) is 1. The van der Waals surface area contributed by atoms with E-state index in [1.807, 2.05) is 22.9 Å². The molecule has 2 nitrogen and oxygen atoms in total. The average molecular weight is 273 g/mol. The first-order valence-corrected chi connectivity index (χ1v) is 6.05. The summed E-state index contributed by atoms with van der Waals surface area (Å²) in [6, 6.07) is 5.52. The van der Waals surface area contributed by atoms with E-state index in [9.17, 15) is 0 Å². The Morgan fingerprint density at radius 3 is 2.81 bits per heavy atom. The number of H-pyrrole nitrogens is 1. The Balaban J connectivity index is 2.72. The molecule has 0 aliphatic heterocycles. The van der Waals surface area contributed by atoms with Gasteiger partial charge in [-0.15, -0.1) is 0 Å². The van der Waals surface area contributed by atoms with Crippen LogP contribution in [0.3, 0.4) is 0 Å². The van der Waals surface area contributed by atoms with Gasteiger partial charge in [0.1, 0.15) is 0 Å². The molecular formula is C11H10Cl2N2S. The Kier molecular flexibility index (Phi) is 3.38. The molecule has 0 atom stereocenters. The summed E-state index contributed by atoms with van der Waals surface area (Å²) in [7, 11) is 0. The molecule has 0 saturated carbocycles. The fourth-order valence-corrected chi connectivity index (χ4v) is 2.25. The van der Waals surface area contributed by atoms with Gasteiger partial charge in [0.05, 0.1) is 15.7 Å². The lowest BCUT2D eigenvalue weighted by atomic mass is 10.3. The van der Waals surface area contributed by atoms with E-state index in [2.05, 4.69) is 11.9 Å². The van der Waals surface area contributed by atoms with E-state index in [4.69, 9.17) is 35.4 Å². The molecule has 0 unspecified atom stereocenters. The molecule has 2 rings (SSSR count). The molecule has 0 fully saturated rings. The summed E-state index contributed by atoms with van der Waals surface area (Å²) < 4.78 is 2.53. The average Bonchev–Trinajstić information content (AvgIpc) is 2.64. The van der Waals surface area contributed by atoms with Gasteiger partial charge in [-0.3, -0.25) is 4.57 Å². The van der Waals surface area contributed by atoms with Crippen LogP contribution in [0.25, 0.3) is 5.69 Å². The minimum absolute atomic E-state index is 0.523. The van der Waals surface area contributed by atoms with E-state index >= 15 is 0 Å². The van der Waals surface area contributed by atoms with Crippen LogP contribution in [0.4, 0.5) is 0 Å². The molecular weight excluding hydrogens is 263 g/mol. The molecule has 1 aromatic heterocycles. The first kappa shape index (κ1) is 11.7. The highest BCUT2D eigenvalue weighted by molar-refractivity contribution is 7.71. The zero-order valence-electron chi connectivity index (χ0n) is 8.63. The fourth-order valence-electron chi connectivity index (χ4n) is 1.59. The van der Waals surface area contributed by atoms with Crippen LogP contribution in [0, 0.1) is 4.77 Å². The first-order valence-electron chi connectivity index (χ1n) is 4.88. The van der Waals surface area contributed by atoms with Crippen molar-refractivity contribution in [2.75, 3.05) is 0 Å². The van der Waals surface area contributed by atoms with Crippen molar-refractivity contribution in [1.29, 1.82) is 0 Å². The Morgan fingerprint density at radius 2 is 2.12 bits per heavy atom. The molecule has 2 aromatic rings. The number of nitrogens with one attached hydrogen (secondary N) is 1. The summed E-state index contributed by atoms with van der Waals surface area (Å²) in [5.74, 6) is 0. The Bertz CT molecular complexity index is 572. The molecule has 0 aliphatic carbocycles. The second kappa shape index (κ2) is 4.62. The molecule has 1 aromatic carbocycles. The molecule has 1 heterocycles. The number of aromatic nitrogens is 2. The summed E-state index contributed by atoms with van der Waals surface area (Å²) in [5.41, 5.74) is 1.89. The second-order valence-electron chi connectivity index (χ2n) is 3.35. The molecule has 0 radical (unpaired) electrons.